The standard InChI is InChI=1S/C23H26ClF4N3O4S/c1-14(2)29-22(33)15(3)30(12-16-7-5-6-8-20(16)25)21(32)13-31(36(4,34)35)17-9-10-19(24)18(11-17)23(26,27)28/h5-11,14-15H,12-13H2,1-4H3,(H,29,33)/t15-/m1/s1. The van der Waals surface area contributed by atoms with Crippen molar-refractivity contribution in [3.8, 4) is 0 Å². The van der Waals surface area contributed by atoms with Crippen LogP contribution in [-0.4, -0.2) is 50.0 Å². The Morgan fingerprint density at radius 1 is 1.08 bits per heavy atom. The first-order valence-corrected chi connectivity index (χ1v) is 12.9. The summed E-state index contributed by atoms with van der Waals surface area (Å²) in [6.07, 6.45) is -4.15. The molecule has 0 saturated heterocycles. The monoisotopic (exact) mass is 551 g/mol. The van der Waals surface area contributed by atoms with Crippen LogP contribution in [0.3, 0.4) is 0 Å². The Labute approximate surface area is 212 Å². The number of sulfonamides is 1. The van der Waals surface area contributed by atoms with Crippen LogP contribution in [-0.2, 0) is 32.3 Å². The van der Waals surface area contributed by atoms with Crippen LogP contribution in [0.4, 0.5) is 23.2 Å². The normalized spacial score (nSPS) is 12.8. The molecular formula is C23H26ClF4N3O4S. The van der Waals surface area contributed by atoms with Crippen molar-refractivity contribution in [2.45, 2.75) is 45.6 Å². The van der Waals surface area contributed by atoms with E-state index in [2.05, 4.69) is 5.32 Å². The molecule has 0 aromatic heterocycles. The van der Waals surface area contributed by atoms with Crippen molar-refractivity contribution in [3.05, 3.63) is 64.4 Å². The van der Waals surface area contributed by atoms with Crippen molar-refractivity contribution in [3.63, 3.8) is 0 Å². The minimum absolute atomic E-state index is 0.0619. The smallest absolute Gasteiger partial charge is 0.352 e. The van der Waals surface area contributed by atoms with E-state index < -0.39 is 62.7 Å². The highest BCUT2D eigenvalue weighted by Crippen LogP contribution is 2.37. The second kappa shape index (κ2) is 11.5. The molecule has 0 heterocycles. The van der Waals surface area contributed by atoms with E-state index in [1.165, 1.54) is 25.1 Å². The predicted octanol–water partition coefficient (Wildman–Crippen LogP) is 4.21. The number of anilines is 1. The van der Waals surface area contributed by atoms with Gasteiger partial charge in [0.25, 0.3) is 0 Å². The van der Waals surface area contributed by atoms with Crippen molar-refractivity contribution >= 4 is 39.1 Å². The van der Waals surface area contributed by atoms with E-state index in [4.69, 9.17) is 11.6 Å². The van der Waals surface area contributed by atoms with Gasteiger partial charge in [0.05, 0.1) is 22.5 Å². The molecule has 0 fully saturated rings. The number of halogens is 5. The number of nitrogens with one attached hydrogen (secondary N) is 1. The van der Waals surface area contributed by atoms with E-state index in [1.807, 2.05) is 0 Å². The summed E-state index contributed by atoms with van der Waals surface area (Å²) in [6, 6.07) is 6.49. The van der Waals surface area contributed by atoms with E-state index in [0.29, 0.717) is 10.4 Å². The maximum Gasteiger partial charge on any atom is 0.417 e. The molecule has 1 atom stereocenters. The molecule has 0 saturated carbocycles. The molecule has 0 unspecified atom stereocenters. The lowest BCUT2D eigenvalue weighted by Crippen LogP contribution is -2.52. The quantitative estimate of drug-likeness (QED) is 0.473. The third kappa shape index (κ3) is 7.57. The van der Waals surface area contributed by atoms with Crippen LogP contribution in [0.25, 0.3) is 0 Å². The summed E-state index contributed by atoms with van der Waals surface area (Å²) in [5.74, 6) is -2.16. The second-order valence-corrected chi connectivity index (χ2v) is 10.7. The third-order valence-electron chi connectivity index (χ3n) is 5.12. The Kier molecular flexibility index (Phi) is 9.35. The van der Waals surface area contributed by atoms with E-state index in [1.54, 1.807) is 13.8 Å². The highest BCUT2D eigenvalue weighted by atomic mass is 35.5. The number of hydrogen-bond acceptors (Lipinski definition) is 4. The number of amides is 2. The minimum Gasteiger partial charge on any atom is -0.352 e. The van der Waals surface area contributed by atoms with E-state index >= 15 is 0 Å². The minimum atomic E-state index is -4.87. The molecule has 2 amide bonds. The number of nitrogens with zero attached hydrogens (tertiary/aromatic N) is 2. The molecule has 198 valence electrons. The van der Waals surface area contributed by atoms with Gasteiger partial charge in [0.15, 0.2) is 0 Å². The lowest BCUT2D eigenvalue weighted by Gasteiger charge is -2.32. The molecular weight excluding hydrogens is 526 g/mol. The molecule has 0 bridgehead atoms. The summed E-state index contributed by atoms with van der Waals surface area (Å²) in [4.78, 5) is 27.0. The molecule has 13 heteroatoms. The number of carbonyl (C=O) groups is 2. The summed E-state index contributed by atoms with van der Waals surface area (Å²) >= 11 is 5.64. The van der Waals surface area contributed by atoms with Crippen LogP contribution >= 0.6 is 11.6 Å². The third-order valence-corrected chi connectivity index (χ3v) is 6.59. The zero-order valence-corrected chi connectivity index (χ0v) is 21.5. The van der Waals surface area contributed by atoms with Gasteiger partial charge in [-0.15, -0.1) is 0 Å². The molecule has 2 aromatic rings. The number of carbonyl (C=O) groups excluding carboxylic acids is 2. The van der Waals surface area contributed by atoms with Gasteiger partial charge in [-0.3, -0.25) is 13.9 Å². The lowest BCUT2D eigenvalue weighted by molar-refractivity contribution is -0.139. The van der Waals surface area contributed by atoms with E-state index in [-0.39, 0.29) is 18.2 Å². The van der Waals surface area contributed by atoms with Crippen LogP contribution in [0, 0.1) is 5.82 Å². The molecule has 7 nitrogen and oxygen atoms in total. The highest BCUT2D eigenvalue weighted by molar-refractivity contribution is 7.92. The van der Waals surface area contributed by atoms with Crippen molar-refractivity contribution in [2.75, 3.05) is 17.1 Å². The topological polar surface area (TPSA) is 86.8 Å². The van der Waals surface area contributed by atoms with Crippen LogP contribution < -0.4 is 9.62 Å². The average molecular weight is 552 g/mol. The summed E-state index contributed by atoms with van der Waals surface area (Å²) in [5.41, 5.74) is -1.67. The summed E-state index contributed by atoms with van der Waals surface area (Å²) in [7, 11) is -4.27. The van der Waals surface area contributed by atoms with Gasteiger partial charge < -0.3 is 10.2 Å². The van der Waals surface area contributed by atoms with Gasteiger partial charge in [-0.05, 0) is 45.0 Å². The fourth-order valence-corrected chi connectivity index (χ4v) is 4.36. The van der Waals surface area contributed by atoms with Gasteiger partial charge in [0.2, 0.25) is 21.8 Å². The molecule has 0 radical (unpaired) electrons. The van der Waals surface area contributed by atoms with Crippen LogP contribution in [0.2, 0.25) is 5.02 Å². The fourth-order valence-electron chi connectivity index (χ4n) is 3.30. The fraction of sp³-hybridized carbons (Fsp3) is 0.391. The number of rotatable bonds is 9. The second-order valence-electron chi connectivity index (χ2n) is 8.38. The Morgan fingerprint density at radius 3 is 2.22 bits per heavy atom. The van der Waals surface area contributed by atoms with Crippen LogP contribution in [0.1, 0.15) is 31.9 Å². The van der Waals surface area contributed by atoms with Crippen molar-refractivity contribution < 1.29 is 35.6 Å². The Morgan fingerprint density at radius 2 is 1.69 bits per heavy atom. The number of benzene rings is 2. The molecule has 0 spiro atoms. The number of hydrogen-bond donors (Lipinski definition) is 1. The Hall–Kier alpha value is -2.86. The van der Waals surface area contributed by atoms with Crippen molar-refractivity contribution in [2.24, 2.45) is 0 Å². The predicted molar refractivity (Wildman–Crippen MR) is 128 cm³/mol. The Balaban J connectivity index is 2.50. The first kappa shape index (κ1) is 29.4. The zero-order valence-electron chi connectivity index (χ0n) is 19.9. The molecule has 1 N–H and O–H groups in total. The first-order chi connectivity index (χ1) is 16.5. The van der Waals surface area contributed by atoms with Gasteiger partial charge in [-0.1, -0.05) is 29.8 Å². The number of alkyl halides is 3. The van der Waals surface area contributed by atoms with Gasteiger partial charge in [-0.2, -0.15) is 13.2 Å². The zero-order chi connectivity index (χ0) is 27.4. The van der Waals surface area contributed by atoms with Gasteiger partial charge in [0, 0.05) is 18.2 Å². The first-order valence-electron chi connectivity index (χ1n) is 10.7. The van der Waals surface area contributed by atoms with Crippen LogP contribution in [0.15, 0.2) is 42.5 Å². The Bertz CT molecular complexity index is 1220. The maximum atomic E-state index is 14.3. The molecule has 0 aliphatic rings. The van der Waals surface area contributed by atoms with Crippen molar-refractivity contribution in [1.29, 1.82) is 0 Å². The van der Waals surface area contributed by atoms with Crippen molar-refractivity contribution in [1.82, 2.24) is 10.2 Å². The highest BCUT2D eigenvalue weighted by Gasteiger charge is 2.35. The van der Waals surface area contributed by atoms with Gasteiger partial charge >= 0.3 is 6.18 Å². The maximum absolute atomic E-state index is 14.3. The molecule has 36 heavy (non-hydrogen) atoms. The molecule has 2 rings (SSSR count). The molecule has 0 aliphatic carbocycles. The summed E-state index contributed by atoms with van der Waals surface area (Å²) in [6.45, 7) is 3.44. The summed E-state index contributed by atoms with van der Waals surface area (Å²) < 4.78 is 79.9. The lowest BCUT2D eigenvalue weighted by atomic mass is 10.1. The summed E-state index contributed by atoms with van der Waals surface area (Å²) in [5, 5.41) is 1.98. The molecule has 0 aliphatic heterocycles. The largest absolute Gasteiger partial charge is 0.417 e. The molecule has 2 aromatic carbocycles. The van der Waals surface area contributed by atoms with Gasteiger partial charge in [0.1, 0.15) is 18.4 Å². The van der Waals surface area contributed by atoms with Crippen LogP contribution in [0.5, 0.6) is 0 Å². The van der Waals surface area contributed by atoms with E-state index in [9.17, 15) is 35.6 Å². The SMILES string of the molecule is CC(C)NC(=O)[C@@H](C)N(Cc1ccccc1F)C(=O)CN(c1ccc(Cl)c(C(F)(F)F)c1)S(C)(=O)=O. The van der Waals surface area contributed by atoms with Gasteiger partial charge in [-0.25, -0.2) is 12.8 Å². The average Bonchev–Trinajstić information content (AvgIpc) is 2.74. The van der Waals surface area contributed by atoms with E-state index in [0.717, 1.165) is 29.4 Å².